The highest BCUT2D eigenvalue weighted by molar-refractivity contribution is 5.81. The molecule has 0 aliphatic carbocycles. The Morgan fingerprint density at radius 3 is 2.59 bits per heavy atom. The first kappa shape index (κ1) is 19.6. The number of halogens is 5. The molecule has 11 heteroatoms. The third-order valence-corrected chi connectivity index (χ3v) is 5.24. The molecule has 0 saturated carbocycles. The highest BCUT2D eigenvalue weighted by Crippen LogP contribution is 2.32. The van der Waals surface area contributed by atoms with Crippen molar-refractivity contribution < 1.29 is 26.7 Å². The van der Waals surface area contributed by atoms with E-state index < -0.39 is 35.5 Å². The summed E-state index contributed by atoms with van der Waals surface area (Å²) in [6.45, 7) is -0.234. The number of hydrogen-bond acceptors (Lipinski definition) is 3. The van der Waals surface area contributed by atoms with Crippen LogP contribution in [0.5, 0.6) is 0 Å². The minimum Gasteiger partial charge on any atom is -0.335 e. The molecule has 156 valence electrons. The van der Waals surface area contributed by atoms with E-state index in [0.29, 0.717) is 31.2 Å². The van der Waals surface area contributed by atoms with Crippen molar-refractivity contribution in [1.82, 2.24) is 19.2 Å². The average molecular weight is 416 g/mol. The number of benzene rings is 1. The van der Waals surface area contributed by atoms with Crippen molar-refractivity contribution in [3.05, 3.63) is 51.5 Å². The summed E-state index contributed by atoms with van der Waals surface area (Å²) >= 11 is 0. The summed E-state index contributed by atoms with van der Waals surface area (Å²) in [7, 11) is 0. The summed E-state index contributed by atoms with van der Waals surface area (Å²) < 4.78 is 67.2. The Balaban J connectivity index is 1.60. The molecular weight excluding hydrogens is 399 g/mol. The molecule has 2 aliphatic rings. The minimum absolute atomic E-state index is 0.00160. The van der Waals surface area contributed by atoms with Crippen LogP contribution < -0.4 is 5.69 Å². The molecule has 29 heavy (non-hydrogen) atoms. The van der Waals surface area contributed by atoms with Crippen LogP contribution >= 0.6 is 0 Å². The van der Waals surface area contributed by atoms with Crippen molar-refractivity contribution in [3.63, 3.8) is 0 Å². The van der Waals surface area contributed by atoms with Crippen LogP contribution in [-0.4, -0.2) is 44.4 Å². The van der Waals surface area contributed by atoms with E-state index in [1.165, 1.54) is 9.47 Å². The maximum atomic E-state index is 13.8. The summed E-state index contributed by atoms with van der Waals surface area (Å²) in [4.78, 5) is 26.7. The number of carbonyl (C=O) groups excluding carboxylic acids is 1. The second kappa shape index (κ2) is 6.96. The zero-order valence-electron chi connectivity index (χ0n) is 15.1. The van der Waals surface area contributed by atoms with Crippen LogP contribution in [0.1, 0.15) is 35.8 Å². The number of fused-ring (bicyclic) bond motifs is 1. The summed E-state index contributed by atoms with van der Waals surface area (Å²) in [6, 6.07) is 1.64. The van der Waals surface area contributed by atoms with Crippen LogP contribution in [0.15, 0.2) is 23.0 Å². The van der Waals surface area contributed by atoms with E-state index in [-0.39, 0.29) is 31.1 Å². The first-order valence-electron chi connectivity index (χ1n) is 9.12. The van der Waals surface area contributed by atoms with E-state index >= 15 is 0 Å². The van der Waals surface area contributed by atoms with Crippen molar-refractivity contribution in [1.29, 1.82) is 0 Å². The second-order valence-electron chi connectivity index (χ2n) is 7.29. The van der Waals surface area contributed by atoms with Crippen molar-refractivity contribution in [2.24, 2.45) is 0 Å². The van der Waals surface area contributed by atoms with Gasteiger partial charge in [0, 0.05) is 6.42 Å². The number of hydrogen-bond donors (Lipinski definition) is 0. The number of aryl methyl sites for hydroxylation is 1. The molecule has 1 aromatic carbocycles. The standard InChI is InChI=1S/C18H17F5N4O2/c19-11-8-25(9-11)16(28)14-2-1-3-15-24-26(17(29)27(14)15)7-10-4-5-12(13(20)6-10)18(21,22)23/h4-6,11,14H,1-3,7-9H2. The number of rotatable bonds is 3. The first-order valence-corrected chi connectivity index (χ1v) is 9.12. The molecule has 4 rings (SSSR count). The Labute approximate surface area is 161 Å². The van der Waals surface area contributed by atoms with Crippen molar-refractivity contribution >= 4 is 5.91 Å². The SMILES string of the molecule is O=C(C1CCCc2nn(Cc3ccc(C(F)(F)F)c(F)c3)c(=O)n21)N1CC(F)C1. The number of nitrogens with zero attached hydrogens (tertiary/aromatic N) is 4. The monoisotopic (exact) mass is 416 g/mol. The van der Waals surface area contributed by atoms with E-state index in [4.69, 9.17) is 0 Å². The summed E-state index contributed by atoms with van der Waals surface area (Å²) in [5, 5.41) is 4.17. The van der Waals surface area contributed by atoms with Gasteiger partial charge >= 0.3 is 11.9 Å². The molecule has 0 bridgehead atoms. The van der Waals surface area contributed by atoms with Crippen molar-refractivity contribution in [2.45, 2.75) is 44.2 Å². The number of aromatic nitrogens is 3. The van der Waals surface area contributed by atoms with Gasteiger partial charge in [-0.3, -0.25) is 9.36 Å². The quantitative estimate of drug-likeness (QED) is 0.722. The van der Waals surface area contributed by atoms with Gasteiger partial charge in [-0.25, -0.2) is 18.3 Å². The lowest BCUT2D eigenvalue weighted by Crippen LogP contribution is -2.54. The molecule has 1 amide bonds. The Morgan fingerprint density at radius 2 is 1.97 bits per heavy atom. The fourth-order valence-electron chi connectivity index (χ4n) is 3.74. The topological polar surface area (TPSA) is 60.1 Å². The zero-order chi connectivity index (χ0) is 20.9. The van der Waals surface area contributed by atoms with E-state index in [1.807, 2.05) is 0 Å². The second-order valence-corrected chi connectivity index (χ2v) is 7.29. The fourth-order valence-corrected chi connectivity index (χ4v) is 3.74. The van der Waals surface area contributed by atoms with Gasteiger partial charge in [0.15, 0.2) is 0 Å². The largest absolute Gasteiger partial charge is 0.419 e. The van der Waals surface area contributed by atoms with E-state index in [2.05, 4.69) is 5.10 Å². The van der Waals surface area contributed by atoms with E-state index in [9.17, 15) is 31.5 Å². The molecule has 2 aromatic rings. The lowest BCUT2D eigenvalue weighted by atomic mass is 10.0. The van der Waals surface area contributed by atoms with Gasteiger partial charge in [-0.05, 0) is 30.5 Å². The molecule has 0 radical (unpaired) electrons. The average Bonchev–Trinajstić information content (AvgIpc) is 2.93. The molecule has 1 saturated heterocycles. The van der Waals surface area contributed by atoms with Gasteiger partial charge in [-0.1, -0.05) is 6.07 Å². The molecule has 0 spiro atoms. The normalized spacial score (nSPS) is 19.8. The molecule has 1 atom stereocenters. The number of alkyl halides is 4. The first-order chi connectivity index (χ1) is 13.6. The molecule has 6 nitrogen and oxygen atoms in total. The lowest BCUT2D eigenvalue weighted by molar-refractivity contribution is -0.142. The molecule has 2 aliphatic heterocycles. The minimum atomic E-state index is -4.81. The third kappa shape index (κ3) is 3.53. The van der Waals surface area contributed by atoms with E-state index in [0.717, 1.165) is 16.8 Å². The summed E-state index contributed by atoms with van der Waals surface area (Å²) in [5.74, 6) is -1.40. The maximum Gasteiger partial charge on any atom is 0.419 e. The van der Waals surface area contributed by atoms with Gasteiger partial charge in [-0.15, -0.1) is 0 Å². The predicted molar refractivity (Wildman–Crippen MR) is 90.4 cm³/mol. The Bertz CT molecular complexity index is 1010. The Kier molecular flexibility index (Phi) is 4.70. The lowest BCUT2D eigenvalue weighted by Gasteiger charge is -2.37. The van der Waals surface area contributed by atoms with Crippen molar-refractivity contribution in [3.8, 4) is 0 Å². The highest BCUT2D eigenvalue weighted by Gasteiger charge is 2.38. The zero-order valence-corrected chi connectivity index (χ0v) is 15.1. The molecule has 1 aromatic heterocycles. The van der Waals surface area contributed by atoms with Crippen LogP contribution in [-0.2, 0) is 23.9 Å². The molecule has 3 heterocycles. The van der Waals surface area contributed by atoms with E-state index in [1.54, 1.807) is 0 Å². The molecule has 1 unspecified atom stereocenters. The van der Waals surface area contributed by atoms with Crippen LogP contribution in [0.4, 0.5) is 22.0 Å². The van der Waals surface area contributed by atoms with Gasteiger partial charge in [0.05, 0.1) is 25.2 Å². The number of amides is 1. The van der Waals surface area contributed by atoms with Crippen LogP contribution in [0.2, 0.25) is 0 Å². The smallest absolute Gasteiger partial charge is 0.335 e. The molecular formula is C18H17F5N4O2. The van der Waals surface area contributed by atoms with Gasteiger partial charge in [0.1, 0.15) is 23.9 Å². The molecule has 1 fully saturated rings. The van der Waals surface area contributed by atoms with Gasteiger partial charge in [0.2, 0.25) is 5.91 Å². The maximum absolute atomic E-state index is 13.8. The Hall–Kier alpha value is -2.72. The molecule has 0 N–H and O–H groups in total. The van der Waals surface area contributed by atoms with Gasteiger partial charge < -0.3 is 4.90 Å². The van der Waals surface area contributed by atoms with Crippen molar-refractivity contribution in [2.75, 3.05) is 13.1 Å². The highest BCUT2D eigenvalue weighted by atomic mass is 19.4. The fraction of sp³-hybridized carbons (Fsp3) is 0.500. The van der Waals surface area contributed by atoms with Gasteiger partial charge in [0.25, 0.3) is 0 Å². The van der Waals surface area contributed by atoms with Crippen LogP contribution in [0, 0.1) is 5.82 Å². The van der Waals surface area contributed by atoms with Gasteiger partial charge in [-0.2, -0.15) is 18.3 Å². The third-order valence-electron chi connectivity index (χ3n) is 5.24. The summed E-state index contributed by atoms with van der Waals surface area (Å²) in [5.41, 5.74) is -1.85. The van der Waals surface area contributed by atoms with Crippen LogP contribution in [0.3, 0.4) is 0 Å². The Morgan fingerprint density at radius 1 is 1.24 bits per heavy atom. The van der Waals surface area contributed by atoms with Crippen LogP contribution in [0.25, 0.3) is 0 Å². The number of carbonyl (C=O) groups is 1. The predicted octanol–water partition coefficient (Wildman–Crippen LogP) is 2.31. The number of likely N-dealkylation sites (tertiary alicyclic amines) is 1. The summed E-state index contributed by atoms with van der Waals surface area (Å²) in [6.07, 6.45) is -4.38.